The molecule has 0 saturated carbocycles. The van der Waals surface area contributed by atoms with E-state index in [4.69, 9.17) is 4.66 Å². The minimum Gasteiger partial charge on any atom is -1.00 e. The molecule has 0 aliphatic carbocycles. The molecule has 0 aliphatic heterocycles. The molecule has 0 aliphatic rings. The van der Waals surface area contributed by atoms with Gasteiger partial charge in [0.15, 0.2) is 0 Å². The van der Waals surface area contributed by atoms with E-state index in [1.165, 1.54) is 0 Å². The third kappa shape index (κ3) is 31.5. The number of hydrogen-bond donors (Lipinski definition) is 0. The minimum absolute atomic E-state index is 0. The summed E-state index contributed by atoms with van der Waals surface area (Å²) < 4.78 is 7.72. The van der Waals surface area contributed by atoms with Crippen LogP contribution in [0.4, 0.5) is 0 Å². The summed E-state index contributed by atoms with van der Waals surface area (Å²) in [6.45, 7) is 0. The van der Waals surface area contributed by atoms with E-state index in [0.717, 1.165) is 0 Å². The van der Waals surface area contributed by atoms with Gasteiger partial charge in [-0.3, -0.25) is 0 Å². The molecule has 0 amide bonds. The minimum atomic E-state index is 0. The summed E-state index contributed by atoms with van der Waals surface area (Å²) in [6.07, 6.45) is 0. The van der Waals surface area contributed by atoms with Gasteiger partial charge in [0, 0.05) is 0 Å². The van der Waals surface area contributed by atoms with Crippen LogP contribution >= 0.6 is 11.9 Å². The van der Waals surface area contributed by atoms with Crippen molar-refractivity contribution >= 4 is 11.9 Å². The molecule has 0 saturated heterocycles. The first-order valence-corrected chi connectivity index (χ1v) is 0.463. The van der Waals surface area contributed by atoms with Crippen molar-refractivity contribution in [2.24, 2.45) is 0 Å². The molecule has 30 valence electrons. The van der Waals surface area contributed by atoms with Crippen LogP contribution in [0.3, 0.4) is 0 Å². The predicted molar refractivity (Wildman–Crippen MR) is 7.79 cm³/mol. The molecule has 1 N–H and O–H groups in total. The smallest absolute Gasteiger partial charge is 1.00 e. The molecule has 0 atom stereocenters. The molecule has 0 bridgehead atoms. The Balaban J connectivity index is -0.000000000833. The van der Waals surface area contributed by atoms with Crippen molar-refractivity contribution in [1.29, 1.82) is 0 Å². The first kappa shape index (κ1) is 39.0. The normalized spacial score (nSPS) is 1.00. The summed E-state index contributed by atoms with van der Waals surface area (Å²) in [6, 6.07) is 0. The van der Waals surface area contributed by atoms with Gasteiger partial charge < -0.3 is 22.5 Å². The second kappa shape index (κ2) is 50.7. The second-order valence-corrected chi connectivity index (χ2v) is 0. The molecule has 6 heteroatoms. The molecule has 0 unspecified atom stereocenters. The maximum Gasteiger partial charge on any atom is 1.00 e. The molecule has 0 spiro atoms. The Kier molecular flexibility index (Phi) is 330. The van der Waals surface area contributed by atoms with E-state index < -0.39 is 0 Å². The zero-order valence-electron chi connectivity index (χ0n) is 3.61. The summed E-state index contributed by atoms with van der Waals surface area (Å²) in [5.41, 5.74) is 0. The van der Waals surface area contributed by atoms with Crippen molar-refractivity contribution in [3.05, 3.63) is 0 Å². The summed E-state index contributed by atoms with van der Waals surface area (Å²) in [5.74, 6) is 0. The van der Waals surface area contributed by atoms with E-state index in [0.29, 0.717) is 0 Å². The molecule has 0 rings (SSSR count). The summed E-state index contributed by atoms with van der Waals surface area (Å²) >= 11 is 3.39. The monoisotopic (exact) mass is 149 g/mol. The van der Waals surface area contributed by atoms with Gasteiger partial charge in [-0.1, -0.05) is 0 Å². The molecule has 0 aromatic rings. The summed E-state index contributed by atoms with van der Waals surface area (Å²) in [5, 5.41) is 0. The fourth-order valence-electron chi connectivity index (χ4n) is 0. The quantitative estimate of drug-likeness (QED) is 0.322. The van der Waals surface area contributed by atoms with Crippen molar-refractivity contribution < 1.29 is 81.7 Å². The second-order valence-electron chi connectivity index (χ2n) is 0. The average Bonchev–Trinajstić information content (AvgIpc) is 1.00. The fraction of sp³-hybridized carbons (Fsp3) is 0. The predicted octanol–water partition coefficient (Wildman–Crippen LogP) is -9.66. The van der Waals surface area contributed by atoms with Crippen molar-refractivity contribution in [3.63, 3.8) is 0 Å². The molecule has 0 fully saturated rings. The molecule has 0 aromatic carbocycles. The Bertz CT molecular complexity index is 9.51. The first-order valence-electron chi connectivity index (χ1n) is 0.154. The van der Waals surface area contributed by atoms with Gasteiger partial charge in [0.05, 0.1) is 0 Å². The number of hydrogen-bond acceptors (Lipinski definition) is 2. The van der Waals surface area contributed by atoms with Gasteiger partial charge in [-0.2, -0.15) is 0 Å². The van der Waals surface area contributed by atoms with Gasteiger partial charge in [-0.05, 0) is 0 Å². The van der Waals surface area contributed by atoms with Crippen LogP contribution in [0.15, 0.2) is 0 Å². The molecule has 2 nitrogen and oxygen atoms in total. The van der Waals surface area contributed by atoms with Gasteiger partial charge in [-0.15, -0.1) is 0 Å². The average molecular weight is 150 g/mol. The molecule has 0 heterocycles. The molecule has 0 radical (unpaired) electrons. The Hall–Kier alpha value is 2.50. The Morgan fingerprint density at radius 3 is 1.00 bits per heavy atom. The van der Waals surface area contributed by atoms with Gasteiger partial charge in [-0.25, -0.2) is 11.9 Å². The largest absolute Gasteiger partial charge is 1.00 e. The summed E-state index contributed by atoms with van der Waals surface area (Å²) in [4.78, 5) is 0. The van der Waals surface area contributed by atoms with Crippen molar-refractivity contribution in [3.8, 4) is 0 Å². The van der Waals surface area contributed by atoms with Gasteiger partial charge in [0.25, 0.3) is 0 Å². The number of rotatable bonds is 0. The molecule has 6 heavy (non-hydrogen) atoms. The van der Waals surface area contributed by atoms with Crippen LogP contribution < -0.4 is 76.2 Å². The third-order valence-electron chi connectivity index (χ3n) is 0. The molecular formula is HCl2Na2O2-. The standard InChI is InChI=1S/ClO.ClH.2Na.H2O/c1-2;;;;/h;1H;;;1H2/q-1;;2*+1;/p-2. The van der Waals surface area contributed by atoms with Crippen molar-refractivity contribution in [2.45, 2.75) is 0 Å². The Morgan fingerprint density at radius 2 is 1.00 bits per heavy atom. The topological polar surface area (TPSA) is 53.1 Å². The SMILES string of the molecule is [Cl-].[Na+].[Na+].[O-]Cl.[OH-]. The van der Waals surface area contributed by atoms with E-state index in [1.54, 1.807) is 0 Å². The fourth-order valence-corrected chi connectivity index (χ4v) is 0. The van der Waals surface area contributed by atoms with Crippen LogP contribution in [0.1, 0.15) is 0 Å². The van der Waals surface area contributed by atoms with Crippen molar-refractivity contribution in [2.75, 3.05) is 0 Å². The van der Waals surface area contributed by atoms with Crippen LogP contribution in [0.2, 0.25) is 0 Å². The van der Waals surface area contributed by atoms with Crippen LogP contribution in [0.5, 0.6) is 0 Å². The van der Waals surface area contributed by atoms with E-state index in [-0.39, 0.29) is 77.0 Å². The van der Waals surface area contributed by atoms with E-state index >= 15 is 0 Å². The Morgan fingerprint density at radius 1 is 1.00 bits per heavy atom. The van der Waals surface area contributed by atoms with Gasteiger partial charge in [0.1, 0.15) is 0 Å². The first-order chi connectivity index (χ1) is 1.00. The van der Waals surface area contributed by atoms with Crippen LogP contribution in [0, 0.1) is 0 Å². The zero-order valence-corrected chi connectivity index (χ0v) is 9.12. The maximum atomic E-state index is 7.72. The Labute approximate surface area is 92.1 Å². The summed E-state index contributed by atoms with van der Waals surface area (Å²) in [7, 11) is 0. The van der Waals surface area contributed by atoms with Crippen LogP contribution in [0.25, 0.3) is 0 Å². The molecular weight excluding hydrogens is 149 g/mol. The van der Waals surface area contributed by atoms with E-state index in [1.807, 2.05) is 0 Å². The van der Waals surface area contributed by atoms with Crippen molar-refractivity contribution in [1.82, 2.24) is 0 Å². The van der Waals surface area contributed by atoms with Crippen LogP contribution in [-0.4, -0.2) is 5.48 Å². The van der Waals surface area contributed by atoms with Crippen LogP contribution in [-0.2, 0) is 0 Å². The number of halogens is 2. The maximum absolute atomic E-state index is 7.72. The van der Waals surface area contributed by atoms with Gasteiger partial charge >= 0.3 is 59.1 Å². The zero-order chi connectivity index (χ0) is 2.00. The third-order valence-corrected chi connectivity index (χ3v) is 0. The molecule has 0 aromatic heterocycles. The van der Waals surface area contributed by atoms with E-state index in [9.17, 15) is 0 Å². The van der Waals surface area contributed by atoms with E-state index in [2.05, 4.69) is 11.9 Å². The van der Waals surface area contributed by atoms with Gasteiger partial charge in [0.2, 0.25) is 0 Å².